The van der Waals surface area contributed by atoms with Gasteiger partial charge in [0.1, 0.15) is 23.7 Å². The standard InChI is InChI=1S/C25H30N2O6S/c1-17-6-3-4-9-22(17)33-25(28)26-14-23(31-2)24(15-26)32-21-8-5-7-18(10-21)16-34(29,30)27-12-19-11-20(19)13-27/h3-10,19-20,23-24H,11-16H2,1-2H3/t19?,20?,23-,24-/m1/s1. The van der Waals surface area contributed by atoms with Crippen LogP contribution in [0.4, 0.5) is 4.79 Å². The van der Waals surface area contributed by atoms with E-state index in [1.54, 1.807) is 46.6 Å². The van der Waals surface area contributed by atoms with Crippen molar-refractivity contribution in [3.63, 3.8) is 0 Å². The number of rotatable bonds is 7. The fourth-order valence-electron chi connectivity index (χ4n) is 4.83. The molecule has 182 valence electrons. The maximum Gasteiger partial charge on any atom is 0.415 e. The molecule has 0 N–H and O–H groups in total. The quantitative estimate of drug-likeness (QED) is 0.598. The van der Waals surface area contributed by atoms with Gasteiger partial charge in [-0.1, -0.05) is 30.3 Å². The molecule has 1 aliphatic carbocycles. The van der Waals surface area contributed by atoms with Gasteiger partial charge in [-0.05, 0) is 54.5 Å². The molecule has 2 aromatic carbocycles. The number of benzene rings is 2. The Labute approximate surface area is 200 Å². The first-order valence-electron chi connectivity index (χ1n) is 11.6. The molecule has 2 heterocycles. The molecule has 0 spiro atoms. The monoisotopic (exact) mass is 486 g/mol. The van der Waals surface area contributed by atoms with Crippen LogP contribution < -0.4 is 9.47 Å². The zero-order valence-electron chi connectivity index (χ0n) is 19.4. The first-order chi connectivity index (χ1) is 16.3. The Hall–Kier alpha value is -2.62. The average Bonchev–Trinajstić information content (AvgIpc) is 3.21. The molecule has 4 atom stereocenters. The number of hydrogen-bond donors (Lipinski definition) is 0. The van der Waals surface area contributed by atoms with Gasteiger partial charge in [-0.25, -0.2) is 17.5 Å². The molecule has 2 aromatic rings. The van der Waals surface area contributed by atoms with E-state index in [0.717, 1.165) is 12.0 Å². The van der Waals surface area contributed by atoms with Crippen LogP contribution >= 0.6 is 0 Å². The summed E-state index contributed by atoms with van der Waals surface area (Å²) in [6.07, 6.45) is -0.0153. The summed E-state index contributed by atoms with van der Waals surface area (Å²) in [6.45, 7) is 3.83. The molecule has 3 aliphatic rings. The fraction of sp³-hybridized carbons (Fsp3) is 0.480. The van der Waals surface area contributed by atoms with Crippen LogP contribution in [0.1, 0.15) is 17.5 Å². The number of carbonyl (C=O) groups excluding carboxylic acids is 1. The van der Waals surface area contributed by atoms with Crippen molar-refractivity contribution in [1.82, 2.24) is 9.21 Å². The molecule has 2 saturated heterocycles. The Kier molecular flexibility index (Phi) is 6.26. The molecular formula is C25H30N2O6S. The van der Waals surface area contributed by atoms with Crippen LogP contribution in [0.2, 0.25) is 0 Å². The lowest BCUT2D eigenvalue weighted by Crippen LogP contribution is -2.33. The van der Waals surface area contributed by atoms with E-state index in [2.05, 4.69) is 0 Å². The summed E-state index contributed by atoms with van der Waals surface area (Å²) in [5.41, 5.74) is 1.56. The molecule has 2 unspecified atom stereocenters. The largest absolute Gasteiger partial charge is 0.486 e. The van der Waals surface area contributed by atoms with E-state index >= 15 is 0 Å². The summed E-state index contributed by atoms with van der Waals surface area (Å²) in [4.78, 5) is 14.3. The van der Waals surface area contributed by atoms with Gasteiger partial charge in [-0.3, -0.25) is 0 Å². The summed E-state index contributed by atoms with van der Waals surface area (Å²) in [5, 5.41) is 0. The summed E-state index contributed by atoms with van der Waals surface area (Å²) < 4.78 is 44.5. The molecule has 0 radical (unpaired) electrons. The number of amides is 1. The number of nitrogens with zero attached hydrogens (tertiary/aromatic N) is 2. The maximum absolute atomic E-state index is 12.8. The Balaban J connectivity index is 1.22. The lowest BCUT2D eigenvalue weighted by molar-refractivity contribution is 0.0341. The highest BCUT2D eigenvalue weighted by Crippen LogP contribution is 2.46. The van der Waals surface area contributed by atoms with E-state index in [-0.39, 0.29) is 11.9 Å². The van der Waals surface area contributed by atoms with Crippen molar-refractivity contribution in [3.8, 4) is 11.5 Å². The molecule has 0 bridgehead atoms. The molecule has 9 heteroatoms. The second kappa shape index (κ2) is 9.20. The molecule has 8 nitrogen and oxygen atoms in total. The van der Waals surface area contributed by atoms with Crippen molar-refractivity contribution in [2.45, 2.75) is 31.3 Å². The highest BCUT2D eigenvalue weighted by molar-refractivity contribution is 7.88. The van der Waals surface area contributed by atoms with Crippen molar-refractivity contribution in [2.75, 3.05) is 33.3 Å². The Morgan fingerprint density at radius 2 is 1.74 bits per heavy atom. The van der Waals surface area contributed by atoms with Crippen LogP contribution in [0.3, 0.4) is 0 Å². The third-order valence-electron chi connectivity index (χ3n) is 6.94. The molecule has 3 fully saturated rings. The lowest BCUT2D eigenvalue weighted by atomic mass is 10.2. The van der Waals surface area contributed by atoms with Crippen LogP contribution in [0.25, 0.3) is 0 Å². The first kappa shape index (κ1) is 23.1. The summed E-state index contributed by atoms with van der Waals surface area (Å²) >= 11 is 0. The third kappa shape index (κ3) is 4.92. The van der Waals surface area contributed by atoms with E-state index in [0.29, 0.717) is 55.1 Å². The predicted molar refractivity (Wildman–Crippen MR) is 126 cm³/mol. The Bertz CT molecular complexity index is 1160. The predicted octanol–water partition coefficient (Wildman–Crippen LogP) is 3.05. The smallest absolute Gasteiger partial charge is 0.415 e. The second-order valence-corrected chi connectivity index (χ2v) is 11.4. The van der Waals surface area contributed by atoms with Gasteiger partial charge in [0.2, 0.25) is 10.0 Å². The molecule has 0 aromatic heterocycles. The van der Waals surface area contributed by atoms with Gasteiger partial charge in [0.05, 0.1) is 18.8 Å². The van der Waals surface area contributed by atoms with Crippen LogP contribution in [0, 0.1) is 18.8 Å². The molecule has 34 heavy (non-hydrogen) atoms. The summed E-state index contributed by atoms with van der Waals surface area (Å²) in [6, 6.07) is 14.5. The first-order valence-corrected chi connectivity index (χ1v) is 13.2. The van der Waals surface area contributed by atoms with E-state index in [9.17, 15) is 13.2 Å². The highest BCUT2D eigenvalue weighted by atomic mass is 32.2. The minimum atomic E-state index is -3.34. The third-order valence-corrected chi connectivity index (χ3v) is 8.72. The second-order valence-electron chi connectivity index (χ2n) is 9.45. The minimum Gasteiger partial charge on any atom is -0.486 e. The van der Waals surface area contributed by atoms with Crippen molar-refractivity contribution in [1.29, 1.82) is 0 Å². The van der Waals surface area contributed by atoms with Gasteiger partial charge in [-0.15, -0.1) is 0 Å². The topological polar surface area (TPSA) is 85.4 Å². The van der Waals surface area contributed by atoms with Gasteiger partial charge in [0, 0.05) is 20.2 Å². The Morgan fingerprint density at radius 1 is 1.00 bits per heavy atom. The fourth-order valence-corrected chi connectivity index (χ4v) is 6.45. The average molecular weight is 487 g/mol. The number of para-hydroxylation sites is 1. The number of hydrogen-bond acceptors (Lipinski definition) is 6. The summed E-state index contributed by atoms with van der Waals surface area (Å²) in [5.74, 6) is 2.14. The number of methoxy groups -OCH3 is 1. The molecular weight excluding hydrogens is 456 g/mol. The van der Waals surface area contributed by atoms with E-state index in [1.807, 2.05) is 25.1 Å². The summed E-state index contributed by atoms with van der Waals surface area (Å²) in [7, 11) is -1.76. The van der Waals surface area contributed by atoms with E-state index in [1.165, 1.54) is 0 Å². The highest BCUT2D eigenvalue weighted by Gasteiger charge is 2.48. The number of fused-ring (bicyclic) bond motifs is 1. The number of likely N-dealkylation sites (tertiary alicyclic amines) is 1. The zero-order valence-corrected chi connectivity index (χ0v) is 20.2. The maximum atomic E-state index is 12.8. The van der Waals surface area contributed by atoms with Gasteiger partial charge >= 0.3 is 6.09 Å². The minimum absolute atomic E-state index is 0.0448. The van der Waals surface area contributed by atoms with Crippen LogP contribution in [-0.4, -0.2) is 69.2 Å². The number of ether oxygens (including phenoxy) is 3. The van der Waals surface area contributed by atoms with E-state index in [4.69, 9.17) is 14.2 Å². The number of piperidine rings is 1. The number of aryl methyl sites for hydroxylation is 1. The van der Waals surface area contributed by atoms with Gasteiger partial charge in [-0.2, -0.15) is 0 Å². The number of carbonyl (C=O) groups is 1. The van der Waals surface area contributed by atoms with Crippen LogP contribution in [0.15, 0.2) is 48.5 Å². The Morgan fingerprint density at radius 3 is 2.47 bits per heavy atom. The zero-order chi connectivity index (χ0) is 23.9. The van der Waals surface area contributed by atoms with Crippen molar-refractivity contribution < 1.29 is 27.4 Å². The van der Waals surface area contributed by atoms with Gasteiger partial charge < -0.3 is 19.1 Å². The molecule has 2 aliphatic heterocycles. The number of sulfonamides is 1. The van der Waals surface area contributed by atoms with Crippen LogP contribution in [0.5, 0.6) is 11.5 Å². The lowest BCUT2D eigenvalue weighted by Gasteiger charge is -2.20. The van der Waals surface area contributed by atoms with Crippen LogP contribution in [-0.2, 0) is 20.5 Å². The normalized spacial score (nSPS) is 26.4. The SMILES string of the molecule is CO[C@@H]1CN(C(=O)Oc2ccccc2C)C[C@H]1Oc1cccc(CS(=O)(=O)N2CC3CC3C2)c1. The molecule has 5 rings (SSSR count). The molecule has 1 saturated carbocycles. The van der Waals surface area contributed by atoms with Crippen molar-refractivity contribution >= 4 is 16.1 Å². The van der Waals surface area contributed by atoms with E-state index < -0.39 is 22.2 Å². The van der Waals surface area contributed by atoms with Gasteiger partial charge in [0.15, 0.2) is 0 Å². The van der Waals surface area contributed by atoms with Gasteiger partial charge in [0.25, 0.3) is 0 Å². The molecule has 1 amide bonds. The van der Waals surface area contributed by atoms with Crippen molar-refractivity contribution in [3.05, 3.63) is 59.7 Å². The van der Waals surface area contributed by atoms with Crippen molar-refractivity contribution in [2.24, 2.45) is 11.8 Å².